The lowest BCUT2D eigenvalue weighted by molar-refractivity contribution is 0.0668. The number of nitrogens with zero attached hydrogens (tertiary/aromatic N) is 1. The van der Waals surface area contributed by atoms with Crippen LogP contribution < -0.4 is 4.74 Å². The minimum absolute atomic E-state index is 0.000372. The third-order valence-corrected chi connectivity index (χ3v) is 7.74. The quantitative estimate of drug-likeness (QED) is 0.279. The van der Waals surface area contributed by atoms with Crippen molar-refractivity contribution in [1.82, 2.24) is 4.90 Å². The second kappa shape index (κ2) is 10.2. The summed E-state index contributed by atoms with van der Waals surface area (Å²) < 4.78 is 19.4. The van der Waals surface area contributed by atoms with E-state index in [1.165, 1.54) is 11.3 Å². The summed E-state index contributed by atoms with van der Waals surface area (Å²) in [5.74, 6) is 1.12. The lowest BCUT2D eigenvalue weighted by Gasteiger charge is -2.37. The fourth-order valence-electron chi connectivity index (χ4n) is 4.67. The van der Waals surface area contributed by atoms with Crippen molar-refractivity contribution in [1.29, 1.82) is 0 Å². The Labute approximate surface area is 208 Å². The number of benzene rings is 3. The molecule has 0 unspecified atom stereocenters. The van der Waals surface area contributed by atoms with E-state index in [2.05, 4.69) is 11.8 Å². The minimum atomic E-state index is -0.246. The van der Waals surface area contributed by atoms with Gasteiger partial charge in [0.2, 0.25) is 5.78 Å². The molecule has 0 spiro atoms. The number of carbonyl (C=O) groups excluding carboxylic acids is 1. The van der Waals surface area contributed by atoms with Crippen molar-refractivity contribution in [2.45, 2.75) is 13.3 Å². The van der Waals surface area contributed by atoms with Gasteiger partial charge in [0.05, 0.1) is 11.6 Å². The van der Waals surface area contributed by atoms with Crippen molar-refractivity contribution in [3.8, 4) is 22.6 Å². The number of halogens is 1. The van der Waals surface area contributed by atoms with Crippen LogP contribution in [0.1, 0.15) is 27.7 Å². The standard InChI is InChI=1S/C29H28FNO3S/c1-2-20-5-3-4-6-24(20)28(33)29-27(25-12-9-22(32)15-26(25)35-29)21-7-10-23(11-8-21)34-14-13-31-17-19(16-30)18-31/h3-12,15,19,32H,2,13-14,16-18H2,1H3. The molecule has 4 aromatic rings. The summed E-state index contributed by atoms with van der Waals surface area (Å²) in [6, 6.07) is 20.8. The zero-order valence-electron chi connectivity index (χ0n) is 19.7. The maximum atomic E-state index is 13.7. The highest BCUT2D eigenvalue weighted by molar-refractivity contribution is 7.21. The molecule has 0 aliphatic carbocycles. The smallest absolute Gasteiger partial charge is 0.203 e. The van der Waals surface area contributed by atoms with Gasteiger partial charge >= 0.3 is 0 Å². The molecule has 3 aromatic carbocycles. The van der Waals surface area contributed by atoms with Crippen molar-refractivity contribution in [3.63, 3.8) is 0 Å². The Morgan fingerprint density at radius 2 is 1.89 bits per heavy atom. The van der Waals surface area contributed by atoms with E-state index in [1.807, 2.05) is 54.6 Å². The molecule has 0 saturated carbocycles. The Morgan fingerprint density at radius 3 is 2.63 bits per heavy atom. The van der Waals surface area contributed by atoms with Crippen LogP contribution in [0, 0.1) is 5.92 Å². The number of rotatable bonds is 9. The van der Waals surface area contributed by atoms with Crippen LogP contribution in [-0.2, 0) is 6.42 Å². The highest BCUT2D eigenvalue weighted by Gasteiger charge is 2.26. The summed E-state index contributed by atoms with van der Waals surface area (Å²) in [6.45, 7) is 4.75. The van der Waals surface area contributed by atoms with Crippen molar-refractivity contribution < 1.29 is 19.0 Å². The van der Waals surface area contributed by atoms with Crippen LogP contribution in [0.25, 0.3) is 21.2 Å². The van der Waals surface area contributed by atoms with Crippen LogP contribution in [-0.4, -0.2) is 48.7 Å². The van der Waals surface area contributed by atoms with Crippen molar-refractivity contribution >= 4 is 27.2 Å². The third-order valence-electron chi connectivity index (χ3n) is 6.59. The van der Waals surface area contributed by atoms with Gasteiger partial charge in [0.25, 0.3) is 0 Å². The molecule has 2 heterocycles. The fourth-order valence-corrected chi connectivity index (χ4v) is 5.88. The lowest BCUT2D eigenvalue weighted by atomic mass is 9.95. The number of fused-ring (bicyclic) bond motifs is 1. The number of ketones is 1. The number of phenolic OH excluding ortho intramolecular Hbond substituents is 1. The second-order valence-electron chi connectivity index (χ2n) is 8.98. The van der Waals surface area contributed by atoms with E-state index in [0.717, 1.165) is 58.6 Å². The Bertz CT molecular complexity index is 1340. The predicted octanol–water partition coefficient (Wildman–Crippen LogP) is 6.35. The van der Waals surface area contributed by atoms with Gasteiger partial charge in [-0.3, -0.25) is 14.1 Å². The number of aromatic hydroxyl groups is 1. The van der Waals surface area contributed by atoms with Crippen LogP contribution >= 0.6 is 11.3 Å². The first-order valence-electron chi connectivity index (χ1n) is 12.0. The maximum absolute atomic E-state index is 13.7. The van der Waals surface area contributed by atoms with Crippen LogP contribution in [0.3, 0.4) is 0 Å². The van der Waals surface area contributed by atoms with Crippen LogP contribution in [0.4, 0.5) is 4.39 Å². The average Bonchev–Trinajstić information content (AvgIpc) is 3.23. The predicted molar refractivity (Wildman–Crippen MR) is 140 cm³/mol. The van der Waals surface area contributed by atoms with Crippen LogP contribution in [0.15, 0.2) is 66.7 Å². The van der Waals surface area contributed by atoms with Gasteiger partial charge < -0.3 is 9.84 Å². The molecule has 1 aromatic heterocycles. The third kappa shape index (κ3) is 4.81. The first-order chi connectivity index (χ1) is 17.1. The summed E-state index contributed by atoms with van der Waals surface area (Å²) in [7, 11) is 0. The minimum Gasteiger partial charge on any atom is -0.508 e. The fraction of sp³-hybridized carbons (Fsp3) is 0.276. The molecular formula is C29H28FNO3S. The Morgan fingerprint density at radius 1 is 1.11 bits per heavy atom. The molecule has 4 nitrogen and oxygen atoms in total. The molecule has 0 radical (unpaired) electrons. The molecule has 1 aliphatic rings. The molecule has 5 rings (SSSR count). The van der Waals surface area contributed by atoms with E-state index in [4.69, 9.17) is 4.74 Å². The summed E-state index contributed by atoms with van der Waals surface area (Å²) in [6.07, 6.45) is 0.779. The van der Waals surface area contributed by atoms with Gasteiger partial charge in [-0.05, 0) is 47.9 Å². The van der Waals surface area contributed by atoms with Gasteiger partial charge in [-0.2, -0.15) is 0 Å². The normalized spacial score (nSPS) is 14.2. The summed E-state index contributed by atoms with van der Waals surface area (Å²) in [5.41, 5.74) is 3.55. The number of thiophene rings is 1. The molecule has 0 atom stereocenters. The molecule has 1 aliphatic heterocycles. The van der Waals surface area contributed by atoms with Crippen molar-refractivity contribution in [2.24, 2.45) is 5.92 Å². The van der Waals surface area contributed by atoms with E-state index >= 15 is 0 Å². The highest BCUT2D eigenvalue weighted by atomic mass is 32.1. The van der Waals surface area contributed by atoms with Crippen LogP contribution in [0.2, 0.25) is 0 Å². The number of likely N-dealkylation sites (tertiary alicyclic amines) is 1. The van der Waals surface area contributed by atoms with E-state index in [0.29, 0.717) is 17.0 Å². The summed E-state index contributed by atoms with van der Waals surface area (Å²) in [4.78, 5) is 16.6. The molecule has 0 bridgehead atoms. The zero-order chi connectivity index (χ0) is 24.4. The molecule has 1 saturated heterocycles. The van der Waals surface area contributed by atoms with Gasteiger partial charge in [0.1, 0.15) is 18.1 Å². The van der Waals surface area contributed by atoms with Gasteiger partial charge in [-0.15, -0.1) is 11.3 Å². The monoisotopic (exact) mass is 489 g/mol. The van der Waals surface area contributed by atoms with Gasteiger partial charge in [0.15, 0.2) is 0 Å². The molecule has 180 valence electrons. The lowest BCUT2D eigenvalue weighted by Crippen LogP contribution is -2.49. The Balaban J connectivity index is 1.42. The van der Waals surface area contributed by atoms with E-state index in [1.54, 1.807) is 12.1 Å². The topological polar surface area (TPSA) is 49.8 Å². The van der Waals surface area contributed by atoms with E-state index in [-0.39, 0.29) is 24.1 Å². The molecular weight excluding hydrogens is 461 g/mol. The van der Waals surface area contributed by atoms with Crippen LogP contribution in [0.5, 0.6) is 11.5 Å². The van der Waals surface area contributed by atoms with Gasteiger partial charge in [-0.25, -0.2) is 0 Å². The van der Waals surface area contributed by atoms with E-state index in [9.17, 15) is 14.3 Å². The Hall–Kier alpha value is -3.22. The molecule has 1 N–H and O–H groups in total. The average molecular weight is 490 g/mol. The number of hydrogen-bond donors (Lipinski definition) is 1. The SMILES string of the molecule is CCc1ccccc1C(=O)c1sc2cc(O)ccc2c1-c1ccc(OCCN2CC(CF)C2)cc1. The molecule has 6 heteroatoms. The first-order valence-corrected chi connectivity index (χ1v) is 12.8. The number of carbonyl (C=O) groups is 1. The van der Waals surface area contributed by atoms with E-state index < -0.39 is 0 Å². The number of aryl methyl sites for hydroxylation is 1. The Kier molecular flexibility index (Phi) is 6.84. The number of alkyl halides is 1. The molecule has 1 fully saturated rings. The zero-order valence-corrected chi connectivity index (χ0v) is 20.5. The summed E-state index contributed by atoms with van der Waals surface area (Å²) >= 11 is 1.41. The van der Waals surface area contributed by atoms with Crippen molar-refractivity contribution in [2.75, 3.05) is 32.9 Å². The van der Waals surface area contributed by atoms with Crippen molar-refractivity contribution in [3.05, 3.63) is 82.7 Å². The molecule has 35 heavy (non-hydrogen) atoms. The van der Waals surface area contributed by atoms with Gasteiger partial charge in [-0.1, -0.05) is 43.3 Å². The number of hydrogen-bond acceptors (Lipinski definition) is 5. The second-order valence-corrected chi connectivity index (χ2v) is 10.0. The van der Waals surface area contributed by atoms with Gasteiger partial charge in [0, 0.05) is 46.8 Å². The maximum Gasteiger partial charge on any atom is 0.203 e. The molecule has 0 amide bonds. The number of phenols is 1. The number of ether oxygens (including phenoxy) is 1. The largest absolute Gasteiger partial charge is 0.508 e. The summed E-state index contributed by atoms with van der Waals surface area (Å²) in [5, 5.41) is 11.0. The first kappa shape index (κ1) is 23.5. The highest BCUT2D eigenvalue weighted by Crippen LogP contribution is 2.42.